The molecule has 0 aliphatic carbocycles. The van der Waals surface area contributed by atoms with Crippen molar-refractivity contribution in [3.05, 3.63) is 56.6 Å². The van der Waals surface area contributed by atoms with Gasteiger partial charge in [0.15, 0.2) is 0 Å². The van der Waals surface area contributed by atoms with Crippen LogP contribution in [0.4, 0.5) is 0 Å². The summed E-state index contributed by atoms with van der Waals surface area (Å²) in [5.74, 6) is -1.20. The van der Waals surface area contributed by atoms with E-state index in [2.05, 4.69) is 14.2 Å². The molecule has 27 heavy (non-hydrogen) atoms. The average molecular weight is 433 g/mol. The van der Waals surface area contributed by atoms with E-state index in [1.165, 1.54) is 18.2 Å². The van der Waals surface area contributed by atoms with E-state index < -0.39 is 22.7 Å². The molecule has 0 bridgehead atoms. The lowest BCUT2D eigenvalue weighted by Gasteiger charge is -2.12. The van der Waals surface area contributed by atoms with Crippen LogP contribution in [0.2, 0.25) is 10.3 Å². The van der Waals surface area contributed by atoms with Crippen molar-refractivity contribution < 1.29 is 22.5 Å². The maximum Gasteiger partial charge on any atom is 0.357 e. The van der Waals surface area contributed by atoms with Crippen LogP contribution in [0, 0.1) is 11.3 Å². The van der Waals surface area contributed by atoms with Crippen LogP contribution >= 0.6 is 23.2 Å². The molecule has 0 saturated heterocycles. The summed E-state index contributed by atoms with van der Waals surface area (Å²) in [6.45, 7) is -0.449. The molecule has 0 unspecified atom stereocenters. The van der Waals surface area contributed by atoms with Gasteiger partial charge in [0.25, 0.3) is 0 Å². The van der Waals surface area contributed by atoms with E-state index in [0.29, 0.717) is 5.69 Å². The Morgan fingerprint density at radius 3 is 2.41 bits per heavy atom. The van der Waals surface area contributed by atoms with E-state index in [4.69, 9.17) is 28.5 Å². The number of hydrogen-bond donors (Lipinski definition) is 2. The van der Waals surface area contributed by atoms with Crippen LogP contribution in [-0.2, 0) is 27.3 Å². The molecule has 0 aromatic carbocycles. The van der Waals surface area contributed by atoms with Gasteiger partial charge in [-0.2, -0.15) is 13.7 Å². The van der Waals surface area contributed by atoms with Crippen LogP contribution in [0.3, 0.4) is 0 Å². The van der Waals surface area contributed by atoms with Crippen LogP contribution in [0.15, 0.2) is 18.2 Å². The van der Waals surface area contributed by atoms with Gasteiger partial charge < -0.3 is 15.4 Å². The lowest BCUT2D eigenvalue weighted by atomic mass is 10.0. The van der Waals surface area contributed by atoms with Crippen LogP contribution in [-0.4, -0.2) is 35.7 Å². The van der Waals surface area contributed by atoms with Gasteiger partial charge in [0.2, 0.25) is 0 Å². The number of hydrogen-bond acceptors (Lipinski definition) is 9. The Bertz CT molecular complexity index is 1020. The SMILES string of the molecule is CS(=O)(=O)OC(=O)c1c(Cc2ccc(C#N)c(Cl)n2)cc(CO)nc1Cl.N. The summed E-state index contributed by atoms with van der Waals surface area (Å²) in [6.07, 6.45) is 0.727. The number of nitrogens with zero attached hydrogens (tertiary/aromatic N) is 3. The maximum atomic E-state index is 12.2. The molecule has 2 heterocycles. The number of pyridine rings is 2. The van der Waals surface area contributed by atoms with Crippen LogP contribution < -0.4 is 6.15 Å². The van der Waals surface area contributed by atoms with Crippen LogP contribution in [0.1, 0.15) is 32.9 Å². The molecule has 4 N–H and O–H groups in total. The van der Waals surface area contributed by atoms with Crippen molar-refractivity contribution in [2.24, 2.45) is 0 Å². The normalized spacial score (nSPS) is 10.6. The second kappa shape index (κ2) is 9.07. The number of carbonyl (C=O) groups excluding carboxylic acids is 1. The minimum atomic E-state index is -4.07. The van der Waals surface area contributed by atoms with Gasteiger partial charge in [-0.3, -0.25) is 0 Å². The molecular weight excluding hydrogens is 419 g/mol. The van der Waals surface area contributed by atoms with Crippen molar-refractivity contribution in [3.63, 3.8) is 0 Å². The standard InChI is InChI=1S/C15H11Cl2N3O5S.H3N/c1-26(23,24)25-15(22)12-9(5-11(7-21)20-14(12)17)4-10-3-2-8(6-18)13(16)19-10;/h2-3,5,21H,4,7H2,1H3;1H3. The highest BCUT2D eigenvalue weighted by Crippen LogP contribution is 2.24. The lowest BCUT2D eigenvalue weighted by Crippen LogP contribution is -2.16. The number of nitriles is 1. The van der Waals surface area contributed by atoms with Crippen LogP contribution in [0.5, 0.6) is 0 Å². The molecule has 0 atom stereocenters. The highest BCUT2D eigenvalue weighted by Gasteiger charge is 2.23. The molecule has 144 valence electrons. The van der Waals surface area contributed by atoms with Crippen molar-refractivity contribution >= 4 is 39.3 Å². The Balaban J connectivity index is 0.00000364. The molecule has 0 amide bonds. The predicted molar refractivity (Wildman–Crippen MR) is 97.2 cm³/mol. The summed E-state index contributed by atoms with van der Waals surface area (Å²) in [6, 6.07) is 6.21. The van der Waals surface area contributed by atoms with Gasteiger partial charge in [-0.15, -0.1) is 0 Å². The molecule has 0 aliphatic heterocycles. The number of halogens is 2. The number of aliphatic hydroxyl groups excluding tert-OH is 1. The Kier molecular flexibility index (Phi) is 7.65. The molecule has 2 rings (SSSR count). The van der Waals surface area contributed by atoms with Crippen molar-refractivity contribution in [3.8, 4) is 6.07 Å². The Morgan fingerprint density at radius 1 is 1.26 bits per heavy atom. The maximum absolute atomic E-state index is 12.2. The fraction of sp³-hybridized carbons (Fsp3) is 0.200. The van der Waals surface area contributed by atoms with Gasteiger partial charge in [-0.25, -0.2) is 14.8 Å². The average Bonchev–Trinajstić information content (AvgIpc) is 2.52. The lowest BCUT2D eigenvalue weighted by molar-refractivity contribution is 0.0747. The molecule has 0 saturated carbocycles. The Morgan fingerprint density at radius 2 is 1.89 bits per heavy atom. The summed E-state index contributed by atoms with van der Waals surface area (Å²) in [7, 11) is -4.07. The number of aliphatic hydroxyl groups is 1. The minimum absolute atomic E-state index is 0. The molecule has 9 nitrogen and oxygen atoms in total. The smallest absolute Gasteiger partial charge is 0.357 e. The first-order valence-corrected chi connectivity index (χ1v) is 9.50. The molecule has 0 spiro atoms. The topological polar surface area (TPSA) is 165 Å². The first-order chi connectivity index (χ1) is 12.1. The summed E-state index contributed by atoms with van der Waals surface area (Å²) in [4.78, 5) is 20.0. The Labute approximate surface area is 165 Å². The van der Waals surface area contributed by atoms with E-state index >= 15 is 0 Å². The molecule has 12 heteroatoms. The summed E-state index contributed by atoms with van der Waals surface area (Å²) in [5.41, 5.74) is 0.692. The largest absolute Gasteiger partial charge is 0.390 e. The third-order valence-corrected chi connectivity index (χ3v) is 4.12. The third-order valence-electron chi connectivity index (χ3n) is 3.10. The quantitative estimate of drug-likeness (QED) is 0.530. The number of aromatic nitrogens is 2. The van der Waals surface area contributed by atoms with E-state index in [0.717, 1.165) is 6.26 Å². The highest BCUT2D eigenvalue weighted by molar-refractivity contribution is 7.86. The zero-order valence-corrected chi connectivity index (χ0v) is 16.3. The molecular formula is C15H14Cl2N4O5S. The Hall–Kier alpha value is -2.29. The first-order valence-electron chi connectivity index (χ1n) is 6.93. The minimum Gasteiger partial charge on any atom is -0.390 e. The number of rotatable bonds is 5. The molecule has 2 aromatic heterocycles. The molecule has 0 aliphatic rings. The number of carbonyl (C=O) groups is 1. The van der Waals surface area contributed by atoms with Crippen molar-refractivity contribution in [1.82, 2.24) is 16.1 Å². The third kappa shape index (κ3) is 5.85. The van der Waals surface area contributed by atoms with Gasteiger partial charge in [0.05, 0.1) is 24.1 Å². The fourth-order valence-corrected chi connectivity index (χ4v) is 2.96. The second-order valence-electron chi connectivity index (χ2n) is 5.10. The van der Waals surface area contributed by atoms with Gasteiger partial charge >= 0.3 is 16.1 Å². The van der Waals surface area contributed by atoms with Crippen molar-refractivity contribution in [2.45, 2.75) is 13.0 Å². The van der Waals surface area contributed by atoms with E-state index in [1.54, 1.807) is 0 Å². The summed E-state index contributed by atoms with van der Waals surface area (Å²) >= 11 is 11.9. The van der Waals surface area contributed by atoms with Crippen molar-refractivity contribution in [2.75, 3.05) is 6.26 Å². The summed E-state index contributed by atoms with van der Waals surface area (Å²) < 4.78 is 26.8. The zero-order valence-electron chi connectivity index (χ0n) is 13.9. The zero-order chi connectivity index (χ0) is 19.5. The van der Waals surface area contributed by atoms with Crippen molar-refractivity contribution in [1.29, 1.82) is 5.26 Å². The van der Waals surface area contributed by atoms with E-state index in [-0.39, 0.29) is 45.3 Å². The predicted octanol–water partition coefficient (Wildman–Crippen LogP) is 2.02. The van der Waals surface area contributed by atoms with Crippen LogP contribution in [0.25, 0.3) is 0 Å². The second-order valence-corrected chi connectivity index (χ2v) is 7.39. The van der Waals surface area contributed by atoms with Gasteiger partial charge in [-0.1, -0.05) is 23.2 Å². The van der Waals surface area contributed by atoms with Gasteiger partial charge in [0.1, 0.15) is 21.9 Å². The van der Waals surface area contributed by atoms with E-state index in [9.17, 15) is 18.3 Å². The molecule has 0 fully saturated rings. The fourth-order valence-electron chi connectivity index (χ4n) is 2.08. The van der Waals surface area contributed by atoms with E-state index in [1.807, 2.05) is 6.07 Å². The molecule has 0 radical (unpaired) electrons. The van der Waals surface area contributed by atoms with Gasteiger partial charge in [0, 0.05) is 12.1 Å². The first kappa shape index (κ1) is 22.8. The highest BCUT2D eigenvalue weighted by atomic mass is 35.5. The monoisotopic (exact) mass is 432 g/mol. The van der Waals surface area contributed by atoms with Gasteiger partial charge in [-0.05, 0) is 23.8 Å². The summed E-state index contributed by atoms with van der Waals surface area (Å²) in [5, 5.41) is 17.8. The molecule has 2 aromatic rings.